The number of carbonyl (C=O) groups is 1. The Morgan fingerprint density at radius 3 is 2.61 bits per heavy atom. The van der Waals surface area contributed by atoms with Crippen molar-refractivity contribution in [1.82, 2.24) is 20.2 Å². The fraction of sp³-hybridized carbons (Fsp3) is 0.393. The van der Waals surface area contributed by atoms with Gasteiger partial charge in [0.1, 0.15) is 11.4 Å². The molecule has 186 valence electrons. The maximum absolute atomic E-state index is 15.1. The average Bonchev–Trinajstić information content (AvgIpc) is 2.87. The Morgan fingerprint density at radius 2 is 1.83 bits per heavy atom. The molecule has 4 heterocycles. The molecule has 0 aliphatic carbocycles. The number of aromatic nitrogens is 2. The van der Waals surface area contributed by atoms with Crippen LogP contribution < -0.4 is 11.1 Å². The minimum Gasteiger partial charge on any atom is -0.382 e. The zero-order valence-corrected chi connectivity index (χ0v) is 20.2. The summed E-state index contributed by atoms with van der Waals surface area (Å²) >= 11 is 0. The number of hydrogen-bond donors (Lipinski definition) is 2. The topological polar surface area (TPSA) is 93.4 Å². The third kappa shape index (κ3) is 4.35. The summed E-state index contributed by atoms with van der Waals surface area (Å²) in [5, 5.41) is 2.85. The largest absolute Gasteiger partial charge is 0.382 e. The normalized spacial score (nSPS) is 18.4. The van der Waals surface area contributed by atoms with Crippen molar-refractivity contribution >= 4 is 11.7 Å². The van der Waals surface area contributed by atoms with Gasteiger partial charge < -0.3 is 15.8 Å². The van der Waals surface area contributed by atoms with Crippen LogP contribution in [0.1, 0.15) is 52.2 Å². The summed E-state index contributed by atoms with van der Waals surface area (Å²) in [6.45, 7) is 5.18. The number of rotatable bonds is 5. The number of hydrogen-bond acceptors (Lipinski definition) is 6. The molecule has 3 aromatic rings. The minimum atomic E-state index is -0.678. The molecule has 3 aliphatic heterocycles. The van der Waals surface area contributed by atoms with Crippen LogP contribution in [0.5, 0.6) is 0 Å². The summed E-state index contributed by atoms with van der Waals surface area (Å²) < 4.78 is 20.7. The first-order valence-electron chi connectivity index (χ1n) is 12.7. The summed E-state index contributed by atoms with van der Waals surface area (Å²) in [7, 11) is 0. The number of fused-ring (bicyclic) bond motifs is 1. The van der Waals surface area contributed by atoms with Gasteiger partial charge in [0, 0.05) is 43.0 Å². The van der Waals surface area contributed by atoms with Crippen LogP contribution in [-0.4, -0.2) is 53.6 Å². The molecule has 36 heavy (non-hydrogen) atoms. The number of nitrogens with zero attached hydrogens (tertiary/aromatic N) is 3. The van der Waals surface area contributed by atoms with Crippen molar-refractivity contribution in [3.8, 4) is 22.5 Å². The molecule has 7 nitrogen and oxygen atoms in total. The van der Waals surface area contributed by atoms with E-state index in [9.17, 15) is 4.79 Å². The van der Waals surface area contributed by atoms with Crippen LogP contribution in [0, 0.1) is 5.95 Å². The second-order valence-electron chi connectivity index (χ2n) is 9.90. The van der Waals surface area contributed by atoms with Gasteiger partial charge >= 0.3 is 0 Å². The van der Waals surface area contributed by atoms with Gasteiger partial charge in [0.05, 0.1) is 0 Å². The number of halogens is 1. The molecule has 0 atom stereocenters. The summed E-state index contributed by atoms with van der Waals surface area (Å²) in [6.07, 6.45) is 3.95. The molecule has 2 fully saturated rings. The van der Waals surface area contributed by atoms with Crippen LogP contribution in [0.25, 0.3) is 22.5 Å². The molecule has 0 spiro atoms. The lowest BCUT2D eigenvalue weighted by Gasteiger charge is -2.33. The molecule has 3 N–H and O–H groups in total. The van der Waals surface area contributed by atoms with Gasteiger partial charge in [-0.1, -0.05) is 18.2 Å². The monoisotopic (exact) mass is 487 g/mol. The number of nitrogen functional groups attached to an aromatic ring is 1. The first-order valence-corrected chi connectivity index (χ1v) is 12.7. The Bertz CT molecular complexity index is 1320. The Hall–Kier alpha value is -3.36. The number of nitrogens with one attached hydrogen (secondary N) is 1. The summed E-state index contributed by atoms with van der Waals surface area (Å²) in [5.74, 6) is -0.269. The maximum Gasteiger partial charge on any atom is 0.251 e. The predicted molar refractivity (Wildman–Crippen MR) is 136 cm³/mol. The molecular formula is C28H30FN5O2. The number of anilines is 1. The van der Waals surface area contributed by atoms with Crippen LogP contribution in [0.3, 0.4) is 0 Å². The van der Waals surface area contributed by atoms with Gasteiger partial charge in [-0.2, -0.15) is 9.37 Å². The molecule has 1 aromatic heterocycles. The van der Waals surface area contributed by atoms with Crippen molar-refractivity contribution in [1.29, 1.82) is 0 Å². The highest BCUT2D eigenvalue weighted by atomic mass is 19.1. The average molecular weight is 488 g/mol. The van der Waals surface area contributed by atoms with Crippen LogP contribution in [-0.2, 0) is 17.7 Å². The van der Waals surface area contributed by atoms with Gasteiger partial charge in [-0.05, 0) is 79.6 Å². The van der Waals surface area contributed by atoms with E-state index in [-0.39, 0.29) is 17.4 Å². The van der Waals surface area contributed by atoms with Gasteiger partial charge in [0.15, 0.2) is 5.82 Å². The predicted octanol–water partition coefficient (Wildman–Crippen LogP) is 3.92. The standard InChI is InChI=1S/C28H30FN5O2/c29-26-24(32-25(27(30)33-26)20-3-5-23-18(14-20)6-9-31-28(23)35)19-2-4-22(17-7-12-36-13-8-17)21(15-19)16-34-10-1-11-34/h2-5,14-15,17H,1,6-13,16H2,(H2,30,33)(H,31,35). The first kappa shape index (κ1) is 23.1. The Morgan fingerprint density at radius 1 is 1.06 bits per heavy atom. The van der Waals surface area contributed by atoms with Gasteiger partial charge in [-0.3, -0.25) is 9.69 Å². The van der Waals surface area contributed by atoms with Gasteiger partial charge in [-0.25, -0.2) is 4.98 Å². The first-order chi connectivity index (χ1) is 17.6. The lowest BCUT2D eigenvalue weighted by Crippen LogP contribution is -2.36. The van der Waals surface area contributed by atoms with Crippen molar-refractivity contribution in [3.05, 3.63) is 64.6 Å². The highest BCUT2D eigenvalue weighted by Crippen LogP contribution is 2.35. The molecule has 2 aromatic carbocycles. The third-order valence-electron chi connectivity index (χ3n) is 7.60. The fourth-order valence-electron chi connectivity index (χ4n) is 5.48. The van der Waals surface area contributed by atoms with E-state index in [1.807, 2.05) is 12.1 Å². The summed E-state index contributed by atoms with van der Waals surface area (Å²) in [6, 6.07) is 11.7. The smallest absolute Gasteiger partial charge is 0.251 e. The lowest BCUT2D eigenvalue weighted by molar-refractivity contribution is 0.0847. The van der Waals surface area contributed by atoms with E-state index in [1.54, 1.807) is 12.1 Å². The van der Waals surface area contributed by atoms with Crippen LogP contribution in [0.4, 0.5) is 10.2 Å². The Balaban J connectivity index is 1.39. The van der Waals surface area contributed by atoms with E-state index >= 15 is 4.39 Å². The quantitative estimate of drug-likeness (QED) is 0.567. The van der Waals surface area contributed by atoms with E-state index < -0.39 is 5.95 Å². The molecule has 0 radical (unpaired) electrons. The summed E-state index contributed by atoms with van der Waals surface area (Å²) in [5.41, 5.74) is 12.3. The Labute approximate surface area is 209 Å². The van der Waals surface area contributed by atoms with Gasteiger partial charge in [0.25, 0.3) is 5.91 Å². The van der Waals surface area contributed by atoms with Gasteiger partial charge in [-0.15, -0.1) is 0 Å². The molecule has 8 heteroatoms. The number of nitrogens with two attached hydrogens (primary N) is 1. The number of amides is 1. The summed E-state index contributed by atoms with van der Waals surface area (Å²) in [4.78, 5) is 23.3. The fourth-order valence-corrected chi connectivity index (χ4v) is 5.48. The van der Waals surface area contributed by atoms with E-state index in [4.69, 9.17) is 10.5 Å². The number of benzene rings is 2. The molecule has 2 saturated heterocycles. The highest BCUT2D eigenvalue weighted by molar-refractivity contribution is 5.97. The molecule has 0 saturated carbocycles. The van der Waals surface area contributed by atoms with Crippen LogP contribution in [0.2, 0.25) is 0 Å². The van der Waals surface area contributed by atoms with E-state index in [1.165, 1.54) is 17.5 Å². The second-order valence-corrected chi connectivity index (χ2v) is 9.90. The highest BCUT2D eigenvalue weighted by Gasteiger charge is 2.24. The molecular weight excluding hydrogens is 457 g/mol. The minimum absolute atomic E-state index is 0.0380. The number of carbonyl (C=O) groups excluding carboxylic acids is 1. The number of likely N-dealkylation sites (tertiary alicyclic amines) is 1. The van der Waals surface area contributed by atoms with Gasteiger partial charge in [0.2, 0.25) is 5.95 Å². The lowest BCUT2D eigenvalue weighted by atomic mass is 9.86. The molecule has 1 amide bonds. The second kappa shape index (κ2) is 9.59. The van der Waals surface area contributed by atoms with Crippen molar-refractivity contribution in [2.45, 2.75) is 38.1 Å². The van der Waals surface area contributed by atoms with E-state index in [0.29, 0.717) is 29.3 Å². The van der Waals surface area contributed by atoms with E-state index in [0.717, 1.165) is 63.2 Å². The molecule has 0 bridgehead atoms. The van der Waals surface area contributed by atoms with Crippen molar-refractivity contribution < 1.29 is 13.9 Å². The third-order valence-corrected chi connectivity index (χ3v) is 7.60. The number of ether oxygens (including phenoxy) is 1. The Kier molecular flexibility index (Phi) is 6.15. The zero-order chi connectivity index (χ0) is 24.6. The zero-order valence-electron chi connectivity index (χ0n) is 20.2. The van der Waals surface area contributed by atoms with Crippen molar-refractivity contribution in [3.63, 3.8) is 0 Å². The molecule has 3 aliphatic rings. The van der Waals surface area contributed by atoms with Crippen LogP contribution >= 0.6 is 0 Å². The maximum atomic E-state index is 15.1. The van der Waals surface area contributed by atoms with Crippen molar-refractivity contribution in [2.75, 3.05) is 38.6 Å². The van der Waals surface area contributed by atoms with E-state index in [2.05, 4.69) is 32.3 Å². The molecule has 6 rings (SSSR count). The van der Waals surface area contributed by atoms with Crippen LogP contribution in [0.15, 0.2) is 36.4 Å². The van der Waals surface area contributed by atoms with Crippen molar-refractivity contribution in [2.24, 2.45) is 0 Å². The molecule has 0 unspecified atom stereocenters. The SMILES string of the molecule is Nc1nc(F)c(-c2ccc(C3CCOCC3)c(CN3CCC3)c2)nc1-c1ccc2c(c1)CCNC2=O.